The zero-order chi connectivity index (χ0) is 18.0. The van der Waals surface area contributed by atoms with Crippen LogP contribution in [0.4, 0.5) is 0 Å². The molecule has 0 radical (unpaired) electrons. The van der Waals surface area contributed by atoms with Crippen LogP contribution in [0.25, 0.3) is 6.08 Å². The van der Waals surface area contributed by atoms with Crippen molar-refractivity contribution in [3.63, 3.8) is 0 Å². The van der Waals surface area contributed by atoms with Gasteiger partial charge in [-0.1, -0.05) is 30.3 Å². The lowest BCUT2D eigenvalue weighted by molar-refractivity contribution is 0.0892. The van der Waals surface area contributed by atoms with Gasteiger partial charge in [-0.2, -0.15) is 0 Å². The Labute approximate surface area is 147 Å². The minimum atomic E-state index is -0.410. The van der Waals surface area contributed by atoms with E-state index in [9.17, 15) is 9.59 Å². The predicted molar refractivity (Wildman–Crippen MR) is 96.5 cm³/mol. The molecule has 2 aromatic rings. The smallest absolute Gasteiger partial charge is 0.174 e. The van der Waals surface area contributed by atoms with Crippen LogP contribution in [0.2, 0.25) is 0 Å². The molecule has 25 heavy (non-hydrogen) atoms. The molecule has 0 aromatic heterocycles. The van der Waals surface area contributed by atoms with Gasteiger partial charge in [0.2, 0.25) is 0 Å². The van der Waals surface area contributed by atoms with Crippen molar-refractivity contribution in [1.29, 1.82) is 0 Å². The SMILES string of the molecule is COc1c(C(=O)CC(=O)c2ccccc2)ccc2c1C=CC(C)(C)O2. The highest BCUT2D eigenvalue weighted by molar-refractivity contribution is 6.14. The summed E-state index contributed by atoms with van der Waals surface area (Å²) in [7, 11) is 1.51. The number of methoxy groups -OCH3 is 1. The van der Waals surface area contributed by atoms with E-state index in [1.54, 1.807) is 36.4 Å². The fourth-order valence-electron chi connectivity index (χ4n) is 2.84. The molecule has 128 valence electrons. The monoisotopic (exact) mass is 336 g/mol. The summed E-state index contributed by atoms with van der Waals surface area (Å²) in [6, 6.07) is 12.2. The molecular formula is C21H20O4. The van der Waals surface area contributed by atoms with Gasteiger partial charge in [0.1, 0.15) is 17.1 Å². The van der Waals surface area contributed by atoms with Gasteiger partial charge < -0.3 is 9.47 Å². The van der Waals surface area contributed by atoms with E-state index in [2.05, 4.69) is 0 Å². The zero-order valence-corrected chi connectivity index (χ0v) is 14.5. The van der Waals surface area contributed by atoms with Gasteiger partial charge in [-0.05, 0) is 38.1 Å². The number of carbonyl (C=O) groups is 2. The highest BCUT2D eigenvalue weighted by Crippen LogP contribution is 2.39. The van der Waals surface area contributed by atoms with Gasteiger partial charge >= 0.3 is 0 Å². The van der Waals surface area contributed by atoms with Crippen molar-refractivity contribution in [1.82, 2.24) is 0 Å². The second-order valence-electron chi connectivity index (χ2n) is 6.49. The summed E-state index contributed by atoms with van der Waals surface area (Å²) in [5.41, 5.74) is 1.23. The van der Waals surface area contributed by atoms with Crippen LogP contribution in [0.3, 0.4) is 0 Å². The third-order valence-corrected chi connectivity index (χ3v) is 4.10. The predicted octanol–water partition coefficient (Wildman–Crippen LogP) is 4.34. The average Bonchev–Trinajstić information content (AvgIpc) is 2.60. The molecule has 0 saturated heterocycles. The lowest BCUT2D eigenvalue weighted by Gasteiger charge is -2.29. The first-order chi connectivity index (χ1) is 11.9. The molecule has 1 aliphatic rings. The second-order valence-corrected chi connectivity index (χ2v) is 6.49. The highest BCUT2D eigenvalue weighted by atomic mass is 16.5. The van der Waals surface area contributed by atoms with Crippen LogP contribution in [0.15, 0.2) is 48.5 Å². The van der Waals surface area contributed by atoms with E-state index in [1.165, 1.54) is 7.11 Å². The Morgan fingerprint density at radius 2 is 1.76 bits per heavy atom. The van der Waals surface area contributed by atoms with Crippen molar-refractivity contribution in [3.8, 4) is 11.5 Å². The molecule has 1 aliphatic heterocycles. The molecule has 3 rings (SSSR count). The maximum absolute atomic E-state index is 12.7. The summed E-state index contributed by atoms with van der Waals surface area (Å²) in [6.07, 6.45) is 3.61. The van der Waals surface area contributed by atoms with Gasteiger partial charge in [-0.25, -0.2) is 0 Å². The molecule has 0 unspecified atom stereocenters. The van der Waals surface area contributed by atoms with E-state index in [0.29, 0.717) is 22.6 Å². The molecular weight excluding hydrogens is 316 g/mol. The van der Waals surface area contributed by atoms with Gasteiger partial charge in [0, 0.05) is 5.56 Å². The van der Waals surface area contributed by atoms with E-state index in [1.807, 2.05) is 32.1 Å². The number of ketones is 2. The summed E-state index contributed by atoms with van der Waals surface area (Å²) in [5.74, 6) is 0.621. The first-order valence-corrected chi connectivity index (χ1v) is 8.12. The Balaban J connectivity index is 1.90. The number of hydrogen-bond acceptors (Lipinski definition) is 4. The van der Waals surface area contributed by atoms with Crippen molar-refractivity contribution in [2.24, 2.45) is 0 Å². The molecule has 0 saturated carbocycles. The molecule has 0 fully saturated rings. The van der Waals surface area contributed by atoms with Crippen LogP contribution in [0, 0.1) is 0 Å². The molecule has 4 nitrogen and oxygen atoms in total. The van der Waals surface area contributed by atoms with Crippen LogP contribution in [0.1, 0.15) is 46.5 Å². The van der Waals surface area contributed by atoms with Gasteiger partial charge in [-0.3, -0.25) is 9.59 Å². The maximum Gasteiger partial charge on any atom is 0.174 e. The van der Waals surface area contributed by atoms with Crippen LogP contribution in [-0.4, -0.2) is 24.3 Å². The molecule has 0 amide bonds. The van der Waals surface area contributed by atoms with Gasteiger partial charge in [-0.15, -0.1) is 0 Å². The quantitative estimate of drug-likeness (QED) is 0.602. The van der Waals surface area contributed by atoms with Crippen molar-refractivity contribution in [2.45, 2.75) is 25.9 Å². The minimum absolute atomic E-state index is 0.199. The molecule has 0 N–H and O–H groups in total. The van der Waals surface area contributed by atoms with Crippen LogP contribution >= 0.6 is 0 Å². The van der Waals surface area contributed by atoms with Gasteiger partial charge in [0.05, 0.1) is 24.7 Å². The van der Waals surface area contributed by atoms with Crippen molar-refractivity contribution < 1.29 is 19.1 Å². The highest BCUT2D eigenvalue weighted by Gasteiger charge is 2.27. The summed E-state index contributed by atoms with van der Waals surface area (Å²) >= 11 is 0. The fraction of sp³-hybridized carbons (Fsp3) is 0.238. The summed E-state index contributed by atoms with van der Waals surface area (Å²) in [5, 5.41) is 0. The number of hydrogen-bond donors (Lipinski definition) is 0. The number of fused-ring (bicyclic) bond motifs is 1. The normalized spacial score (nSPS) is 14.4. The molecule has 0 spiro atoms. The Bertz CT molecular complexity index is 848. The van der Waals surface area contributed by atoms with Gasteiger partial charge in [0.15, 0.2) is 11.6 Å². The number of Topliss-reactive ketones (excluding diaryl/α,β-unsaturated/α-hetero) is 2. The maximum atomic E-state index is 12.7. The Morgan fingerprint density at radius 3 is 2.44 bits per heavy atom. The lowest BCUT2D eigenvalue weighted by Crippen LogP contribution is -2.27. The number of carbonyl (C=O) groups excluding carboxylic acids is 2. The molecule has 1 heterocycles. The van der Waals surface area contributed by atoms with Crippen LogP contribution in [0.5, 0.6) is 11.5 Å². The van der Waals surface area contributed by atoms with E-state index in [-0.39, 0.29) is 18.0 Å². The van der Waals surface area contributed by atoms with E-state index in [0.717, 1.165) is 5.56 Å². The zero-order valence-electron chi connectivity index (χ0n) is 14.5. The Morgan fingerprint density at radius 1 is 1.04 bits per heavy atom. The lowest BCUT2D eigenvalue weighted by atomic mass is 9.96. The van der Waals surface area contributed by atoms with Crippen molar-refractivity contribution in [3.05, 3.63) is 65.2 Å². The van der Waals surface area contributed by atoms with Gasteiger partial charge in [0.25, 0.3) is 0 Å². The molecule has 0 aliphatic carbocycles. The third kappa shape index (κ3) is 3.48. The van der Waals surface area contributed by atoms with E-state index >= 15 is 0 Å². The first kappa shape index (κ1) is 17.0. The topological polar surface area (TPSA) is 52.6 Å². The minimum Gasteiger partial charge on any atom is -0.495 e. The average molecular weight is 336 g/mol. The fourth-order valence-corrected chi connectivity index (χ4v) is 2.84. The number of ether oxygens (including phenoxy) is 2. The van der Waals surface area contributed by atoms with Crippen LogP contribution in [-0.2, 0) is 0 Å². The number of benzene rings is 2. The Hall–Kier alpha value is -2.88. The van der Waals surface area contributed by atoms with Crippen LogP contribution < -0.4 is 9.47 Å². The van der Waals surface area contributed by atoms with Crippen molar-refractivity contribution >= 4 is 17.6 Å². The third-order valence-electron chi connectivity index (χ3n) is 4.10. The largest absolute Gasteiger partial charge is 0.495 e. The van der Waals surface area contributed by atoms with E-state index < -0.39 is 5.60 Å². The number of rotatable bonds is 5. The molecule has 0 bridgehead atoms. The summed E-state index contributed by atoms with van der Waals surface area (Å²) in [4.78, 5) is 25.0. The van der Waals surface area contributed by atoms with E-state index in [4.69, 9.17) is 9.47 Å². The van der Waals surface area contributed by atoms with Crippen molar-refractivity contribution in [2.75, 3.05) is 7.11 Å². The first-order valence-electron chi connectivity index (χ1n) is 8.12. The Kier molecular flexibility index (Phi) is 4.45. The molecule has 0 atom stereocenters. The standard InChI is InChI=1S/C21H20O4/c1-21(2)12-11-16-19(25-21)10-9-15(20(16)24-3)18(23)13-17(22)14-7-5-4-6-8-14/h4-12H,13H2,1-3H3. The molecule has 4 heteroatoms. The second kappa shape index (κ2) is 6.55. The summed E-state index contributed by atoms with van der Waals surface area (Å²) in [6.45, 7) is 3.91. The summed E-state index contributed by atoms with van der Waals surface area (Å²) < 4.78 is 11.4. The molecule has 2 aromatic carbocycles.